The van der Waals surface area contributed by atoms with Crippen LogP contribution in [0.3, 0.4) is 0 Å². The van der Waals surface area contributed by atoms with Gasteiger partial charge in [-0.25, -0.2) is 0 Å². The van der Waals surface area contributed by atoms with Gasteiger partial charge in [-0.05, 0) is 42.7 Å². The molecule has 1 unspecified atom stereocenters. The zero-order valence-electron chi connectivity index (χ0n) is 9.75. The number of thiophene rings is 1. The fourth-order valence-corrected chi connectivity index (χ4v) is 2.41. The van der Waals surface area contributed by atoms with Gasteiger partial charge in [-0.3, -0.25) is 4.79 Å². The average molecular weight is 260 g/mol. The second-order valence-corrected chi connectivity index (χ2v) is 5.32. The fraction of sp³-hybridized carbons (Fsp3) is 0.583. The van der Waals surface area contributed by atoms with E-state index in [0.29, 0.717) is 11.8 Å². The molecule has 0 aromatic carbocycles. The molecule has 4 heteroatoms. The number of rotatable bonds is 6. The molecule has 1 amide bonds. The van der Waals surface area contributed by atoms with Crippen LogP contribution in [0.25, 0.3) is 0 Å². The number of carbonyl (C=O) groups excluding carboxylic acids is 1. The number of carbonyl (C=O) groups is 1. The summed E-state index contributed by atoms with van der Waals surface area (Å²) >= 11 is 7.20. The molecule has 0 aliphatic rings. The van der Waals surface area contributed by atoms with E-state index in [1.165, 1.54) is 11.3 Å². The SMILES string of the molecule is Cc1ccsc1C(=O)NCCCC(C)CCl. The monoisotopic (exact) mass is 259 g/mol. The van der Waals surface area contributed by atoms with E-state index in [2.05, 4.69) is 12.2 Å². The number of alkyl halides is 1. The lowest BCUT2D eigenvalue weighted by Gasteiger charge is -2.07. The number of amides is 1. The highest BCUT2D eigenvalue weighted by Gasteiger charge is 2.09. The van der Waals surface area contributed by atoms with Gasteiger partial charge in [-0.2, -0.15) is 0 Å². The number of halogens is 1. The summed E-state index contributed by atoms with van der Waals surface area (Å²) in [6, 6.07) is 1.97. The quantitative estimate of drug-likeness (QED) is 0.615. The lowest BCUT2D eigenvalue weighted by Crippen LogP contribution is -2.24. The zero-order chi connectivity index (χ0) is 12.0. The van der Waals surface area contributed by atoms with E-state index in [0.717, 1.165) is 29.8 Å². The van der Waals surface area contributed by atoms with E-state index < -0.39 is 0 Å². The van der Waals surface area contributed by atoms with Gasteiger partial charge in [0.2, 0.25) is 0 Å². The fourth-order valence-electron chi connectivity index (χ4n) is 1.42. The Kier molecular flexibility index (Phi) is 5.85. The van der Waals surface area contributed by atoms with Crippen molar-refractivity contribution in [2.45, 2.75) is 26.7 Å². The van der Waals surface area contributed by atoms with E-state index in [1.54, 1.807) is 0 Å². The van der Waals surface area contributed by atoms with Crippen LogP contribution in [0.4, 0.5) is 0 Å². The predicted octanol–water partition coefficient (Wildman–Crippen LogP) is 3.44. The van der Waals surface area contributed by atoms with Gasteiger partial charge in [-0.15, -0.1) is 22.9 Å². The van der Waals surface area contributed by atoms with Gasteiger partial charge in [0.15, 0.2) is 0 Å². The first-order chi connectivity index (χ1) is 7.65. The first-order valence-corrected chi connectivity index (χ1v) is 6.94. The first-order valence-electron chi connectivity index (χ1n) is 5.53. The van der Waals surface area contributed by atoms with Gasteiger partial charge in [-0.1, -0.05) is 6.92 Å². The van der Waals surface area contributed by atoms with Crippen molar-refractivity contribution in [1.29, 1.82) is 0 Å². The van der Waals surface area contributed by atoms with Gasteiger partial charge >= 0.3 is 0 Å². The van der Waals surface area contributed by atoms with Crippen molar-refractivity contribution in [3.63, 3.8) is 0 Å². The second kappa shape index (κ2) is 6.92. The standard InChI is InChI=1S/C12H18ClNOS/c1-9(8-13)4-3-6-14-12(15)11-10(2)5-7-16-11/h5,7,9H,3-4,6,8H2,1-2H3,(H,14,15). The highest BCUT2D eigenvalue weighted by molar-refractivity contribution is 7.12. The highest BCUT2D eigenvalue weighted by Crippen LogP contribution is 2.15. The van der Waals surface area contributed by atoms with E-state index in [-0.39, 0.29) is 5.91 Å². The predicted molar refractivity (Wildman–Crippen MR) is 70.5 cm³/mol. The normalized spacial score (nSPS) is 12.4. The maximum atomic E-state index is 11.7. The molecule has 1 atom stereocenters. The Hall–Kier alpha value is -0.540. The molecule has 16 heavy (non-hydrogen) atoms. The molecule has 0 saturated heterocycles. The minimum Gasteiger partial charge on any atom is -0.351 e. The lowest BCUT2D eigenvalue weighted by molar-refractivity contribution is 0.0956. The summed E-state index contributed by atoms with van der Waals surface area (Å²) in [4.78, 5) is 12.5. The largest absolute Gasteiger partial charge is 0.351 e. The highest BCUT2D eigenvalue weighted by atomic mass is 35.5. The summed E-state index contributed by atoms with van der Waals surface area (Å²) in [5.74, 6) is 1.27. The topological polar surface area (TPSA) is 29.1 Å². The zero-order valence-corrected chi connectivity index (χ0v) is 11.3. The molecule has 0 aliphatic heterocycles. The van der Waals surface area contributed by atoms with E-state index in [9.17, 15) is 4.79 Å². The Labute approximate surface area is 106 Å². The molecule has 1 N–H and O–H groups in total. The molecular formula is C12H18ClNOS. The minimum absolute atomic E-state index is 0.0472. The van der Waals surface area contributed by atoms with Crippen LogP contribution in [0.5, 0.6) is 0 Å². The summed E-state index contributed by atoms with van der Waals surface area (Å²) in [7, 11) is 0. The Balaban J connectivity index is 2.24. The van der Waals surface area contributed by atoms with Crippen molar-refractivity contribution in [2.24, 2.45) is 5.92 Å². The maximum absolute atomic E-state index is 11.7. The third-order valence-corrected chi connectivity index (χ3v) is 4.03. The van der Waals surface area contributed by atoms with Crippen LogP contribution < -0.4 is 5.32 Å². The molecule has 0 bridgehead atoms. The van der Waals surface area contributed by atoms with Crippen molar-refractivity contribution in [3.8, 4) is 0 Å². The Morgan fingerprint density at radius 2 is 2.38 bits per heavy atom. The van der Waals surface area contributed by atoms with Crippen LogP contribution in [0, 0.1) is 12.8 Å². The number of hydrogen-bond acceptors (Lipinski definition) is 2. The number of hydrogen-bond donors (Lipinski definition) is 1. The summed E-state index contributed by atoms with van der Waals surface area (Å²) in [6.07, 6.45) is 2.05. The molecule has 0 spiro atoms. The third kappa shape index (κ3) is 4.14. The van der Waals surface area contributed by atoms with Gasteiger partial charge in [0.1, 0.15) is 0 Å². The van der Waals surface area contributed by atoms with Gasteiger partial charge in [0, 0.05) is 12.4 Å². The molecular weight excluding hydrogens is 242 g/mol. The van der Waals surface area contributed by atoms with E-state index in [4.69, 9.17) is 11.6 Å². The molecule has 1 heterocycles. The summed E-state index contributed by atoms with van der Waals surface area (Å²) in [5, 5.41) is 4.88. The lowest BCUT2D eigenvalue weighted by atomic mass is 10.1. The van der Waals surface area contributed by atoms with Crippen molar-refractivity contribution in [1.82, 2.24) is 5.32 Å². The molecule has 0 aliphatic carbocycles. The number of aryl methyl sites for hydroxylation is 1. The van der Waals surface area contributed by atoms with Crippen molar-refractivity contribution in [2.75, 3.05) is 12.4 Å². The van der Waals surface area contributed by atoms with Crippen molar-refractivity contribution in [3.05, 3.63) is 21.9 Å². The second-order valence-electron chi connectivity index (χ2n) is 4.09. The Bertz CT molecular complexity index is 338. The van der Waals surface area contributed by atoms with Crippen molar-refractivity contribution >= 4 is 28.8 Å². The summed E-state index contributed by atoms with van der Waals surface area (Å²) in [5.41, 5.74) is 1.05. The molecule has 0 fully saturated rings. The molecule has 1 rings (SSSR count). The average Bonchev–Trinajstić information content (AvgIpc) is 2.70. The maximum Gasteiger partial charge on any atom is 0.261 e. The molecule has 90 valence electrons. The van der Waals surface area contributed by atoms with Crippen LogP contribution in [0.1, 0.15) is 35.0 Å². The van der Waals surface area contributed by atoms with Crippen LogP contribution in [-0.4, -0.2) is 18.3 Å². The molecule has 0 radical (unpaired) electrons. The summed E-state index contributed by atoms with van der Waals surface area (Å²) < 4.78 is 0. The van der Waals surface area contributed by atoms with Gasteiger partial charge in [0.25, 0.3) is 5.91 Å². The van der Waals surface area contributed by atoms with Crippen LogP contribution in [0.15, 0.2) is 11.4 Å². The Morgan fingerprint density at radius 1 is 1.62 bits per heavy atom. The Morgan fingerprint density at radius 3 is 2.94 bits per heavy atom. The van der Waals surface area contributed by atoms with Gasteiger partial charge in [0.05, 0.1) is 4.88 Å². The smallest absolute Gasteiger partial charge is 0.261 e. The van der Waals surface area contributed by atoms with Gasteiger partial charge < -0.3 is 5.32 Å². The minimum atomic E-state index is 0.0472. The van der Waals surface area contributed by atoms with E-state index >= 15 is 0 Å². The van der Waals surface area contributed by atoms with Crippen LogP contribution in [-0.2, 0) is 0 Å². The third-order valence-electron chi connectivity index (χ3n) is 2.49. The molecule has 1 aromatic rings. The van der Waals surface area contributed by atoms with Crippen LogP contribution in [0.2, 0.25) is 0 Å². The molecule has 1 aromatic heterocycles. The summed E-state index contributed by atoms with van der Waals surface area (Å²) in [6.45, 7) is 4.82. The van der Waals surface area contributed by atoms with E-state index in [1.807, 2.05) is 18.4 Å². The molecule has 0 saturated carbocycles. The van der Waals surface area contributed by atoms with Crippen LogP contribution >= 0.6 is 22.9 Å². The van der Waals surface area contributed by atoms with Crippen molar-refractivity contribution < 1.29 is 4.79 Å². The first kappa shape index (κ1) is 13.5. The molecule has 2 nitrogen and oxygen atoms in total. The number of nitrogens with one attached hydrogen (secondary N) is 1.